The number of ether oxygens (including phenoxy) is 2. The highest BCUT2D eigenvalue weighted by atomic mass is 16.5. The molecule has 6 nitrogen and oxygen atoms in total. The Morgan fingerprint density at radius 3 is 2.27 bits per heavy atom. The zero-order valence-corrected chi connectivity index (χ0v) is 26.9. The average molecular weight is 572 g/mol. The minimum Gasteiger partial charge on any atom is -0.461 e. The highest BCUT2D eigenvalue weighted by molar-refractivity contribution is 5.69. The first-order valence-electron chi connectivity index (χ1n) is 17.5. The smallest absolute Gasteiger partial charge is 0.306 e. The second kappa shape index (κ2) is 11.4. The minimum atomic E-state index is -0.110. The molecule has 6 fully saturated rings. The first-order valence-corrected chi connectivity index (χ1v) is 17.5. The maximum Gasteiger partial charge on any atom is 0.306 e. The van der Waals surface area contributed by atoms with E-state index in [1.165, 1.54) is 90.1 Å². The van der Waals surface area contributed by atoms with Gasteiger partial charge in [0.15, 0.2) is 6.10 Å². The van der Waals surface area contributed by atoms with Crippen LogP contribution in [0.15, 0.2) is 0 Å². The molecule has 10 atom stereocenters. The Bertz CT molecular complexity index is 973. The fraction of sp³-hybridized carbons (Fsp3) is 0.943. The van der Waals surface area contributed by atoms with Crippen LogP contribution in [0.25, 0.3) is 0 Å². The van der Waals surface area contributed by atoms with Crippen LogP contribution >= 0.6 is 0 Å². The van der Waals surface area contributed by atoms with Crippen molar-refractivity contribution in [2.45, 2.75) is 142 Å². The van der Waals surface area contributed by atoms with Crippen molar-refractivity contribution in [3.05, 3.63) is 0 Å². The van der Waals surface area contributed by atoms with Crippen LogP contribution < -0.4 is 0 Å². The zero-order valence-electron chi connectivity index (χ0n) is 26.9. The molecular weight excluding hydrogens is 512 g/mol. The summed E-state index contributed by atoms with van der Waals surface area (Å²) in [6.07, 6.45) is 16.8. The third kappa shape index (κ3) is 5.19. The summed E-state index contributed by atoms with van der Waals surface area (Å²) < 4.78 is 13.7. The van der Waals surface area contributed by atoms with E-state index in [2.05, 4.69) is 25.8 Å². The fourth-order valence-electron chi connectivity index (χ4n) is 11.8. The number of nitrogens with zero attached hydrogens (tertiary/aromatic N) is 2. The number of likely N-dealkylation sites (N-methyl/N-ethyl adjacent to an activating group) is 1. The van der Waals surface area contributed by atoms with Gasteiger partial charge in [0, 0.05) is 31.2 Å². The zero-order chi connectivity index (χ0) is 29.0. The van der Waals surface area contributed by atoms with Gasteiger partial charge in [-0.15, -0.1) is 0 Å². The molecule has 3 unspecified atom stereocenters. The highest BCUT2D eigenvalue weighted by Crippen LogP contribution is 2.67. The van der Waals surface area contributed by atoms with Crippen molar-refractivity contribution in [3.8, 4) is 0 Å². The Labute approximate surface area is 249 Å². The standard InChI is InChI=1S/C35H59N2O4/c1-6-32(39)41-33-30(37(5)19-11-8-12-20-37)22-28-26-14-13-25-21-31(40-24(2)38)29(36-17-9-7-10-18-36)23-35(25,4)27(26)15-16-34(28,33)3/h25-31,33H,6-23H2,1-5H3/q+1/t25-,26?,27?,28?,29-,30-,31-,33+,34-,35-/m0/s1. The van der Waals surface area contributed by atoms with Crippen LogP contribution in [-0.2, 0) is 19.1 Å². The van der Waals surface area contributed by atoms with Crippen molar-refractivity contribution in [2.75, 3.05) is 33.2 Å². The van der Waals surface area contributed by atoms with Crippen molar-refractivity contribution in [3.63, 3.8) is 0 Å². The Morgan fingerprint density at radius 1 is 0.878 bits per heavy atom. The summed E-state index contributed by atoms with van der Waals surface area (Å²) in [5.41, 5.74) is 0.375. The monoisotopic (exact) mass is 571 g/mol. The summed E-state index contributed by atoms with van der Waals surface area (Å²) in [6.45, 7) is 13.5. The molecule has 2 saturated heterocycles. The predicted octanol–water partition coefficient (Wildman–Crippen LogP) is 6.36. The molecule has 0 N–H and O–H groups in total. The molecule has 41 heavy (non-hydrogen) atoms. The van der Waals surface area contributed by atoms with Crippen LogP contribution in [0.4, 0.5) is 0 Å². The third-order valence-corrected chi connectivity index (χ3v) is 14.0. The molecule has 0 aromatic carbocycles. The maximum absolute atomic E-state index is 12.9. The second-order valence-electron chi connectivity index (χ2n) is 16.0. The van der Waals surface area contributed by atoms with Gasteiger partial charge in [0.05, 0.1) is 20.1 Å². The number of carbonyl (C=O) groups excluding carboxylic acids is 2. The topological polar surface area (TPSA) is 55.8 Å². The number of esters is 2. The second-order valence-corrected chi connectivity index (χ2v) is 16.0. The maximum atomic E-state index is 12.9. The molecule has 2 heterocycles. The van der Waals surface area contributed by atoms with E-state index in [0.29, 0.717) is 41.7 Å². The lowest BCUT2D eigenvalue weighted by molar-refractivity contribution is -0.940. The Morgan fingerprint density at radius 2 is 1.59 bits per heavy atom. The van der Waals surface area contributed by atoms with Gasteiger partial charge in [-0.25, -0.2) is 0 Å². The highest BCUT2D eigenvalue weighted by Gasteiger charge is 2.67. The van der Waals surface area contributed by atoms with Crippen molar-refractivity contribution < 1.29 is 23.5 Å². The van der Waals surface area contributed by atoms with Gasteiger partial charge < -0.3 is 14.0 Å². The van der Waals surface area contributed by atoms with E-state index in [1.54, 1.807) is 6.92 Å². The summed E-state index contributed by atoms with van der Waals surface area (Å²) in [4.78, 5) is 27.8. The van der Waals surface area contributed by atoms with Gasteiger partial charge in [-0.05, 0) is 113 Å². The number of likely N-dealkylation sites (tertiary alicyclic amines) is 2. The van der Waals surface area contributed by atoms with Gasteiger partial charge in [0.25, 0.3) is 0 Å². The van der Waals surface area contributed by atoms with E-state index >= 15 is 0 Å². The summed E-state index contributed by atoms with van der Waals surface area (Å²) in [7, 11) is 2.48. The summed E-state index contributed by atoms with van der Waals surface area (Å²) in [5.74, 6) is 2.59. The first kappa shape index (κ1) is 29.9. The number of piperidine rings is 2. The molecule has 6 heteroatoms. The molecule has 0 bridgehead atoms. The lowest BCUT2D eigenvalue weighted by Crippen LogP contribution is -2.61. The Hall–Kier alpha value is -1.14. The largest absolute Gasteiger partial charge is 0.461 e. The number of rotatable bonds is 5. The minimum absolute atomic E-state index is 0.00329. The Balaban J connectivity index is 1.29. The molecule has 232 valence electrons. The number of hydrogen-bond acceptors (Lipinski definition) is 5. The van der Waals surface area contributed by atoms with E-state index in [1.807, 2.05) is 6.92 Å². The van der Waals surface area contributed by atoms with E-state index in [4.69, 9.17) is 9.47 Å². The van der Waals surface area contributed by atoms with Crippen LogP contribution in [0.2, 0.25) is 0 Å². The Kier molecular flexibility index (Phi) is 8.33. The molecule has 2 aliphatic heterocycles. The normalized spacial score (nSPS) is 46.1. The molecule has 0 radical (unpaired) electrons. The number of hydrogen-bond donors (Lipinski definition) is 0. The predicted molar refractivity (Wildman–Crippen MR) is 161 cm³/mol. The molecule has 0 aromatic heterocycles. The van der Waals surface area contributed by atoms with Gasteiger partial charge in [0.2, 0.25) is 0 Å². The van der Waals surface area contributed by atoms with Gasteiger partial charge in [-0.3, -0.25) is 14.5 Å². The number of carbonyl (C=O) groups is 2. The van der Waals surface area contributed by atoms with E-state index in [-0.39, 0.29) is 29.6 Å². The number of fused-ring (bicyclic) bond motifs is 5. The van der Waals surface area contributed by atoms with Gasteiger partial charge in [-0.2, -0.15) is 0 Å². The van der Waals surface area contributed by atoms with Gasteiger partial charge in [0.1, 0.15) is 12.1 Å². The van der Waals surface area contributed by atoms with Crippen LogP contribution in [0.3, 0.4) is 0 Å². The molecule has 0 aromatic rings. The quantitative estimate of drug-likeness (QED) is 0.284. The van der Waals surface area contributed by atoms with Crippen LogP contribution in [0.5, 0.6) is 0 Å². The fourth-order valence-corrected chi connectivity index (χ4v) is 11.8. The van der Waals surface area contributed by atoms with Crippen molar-refractivity contribution in [2.24, 2.45) is 34.5 Å². The van der Waals surface area contributed by atoms with Crippen LogP contribution in [0, 0.1) is 34.5 Å². The summed E-state index contributed by atoms with van der Waals surface area (Å²) in [5, 5.41) is 0. The lowest BCUT2D eigenvalue weighted by atomic mass is 9.44. The molecule has 0 amide bonds. The van der Waals surface area contributed by atoms with E-state index < -0.39 is 0 Å². The number of quaternary nitrogens is 1. The van der Waals surface area contributed by atoms with E-state index in [9.17, 15) is 9.59 Å². The average Bonchev–Trinajstić information content (AvgIpc) is 3.26. The van der Waals surface area contributed by atoms with Gasteiger partial charge in [-0.1, -0.05) is 27.2 Å². The SMILES string of the molecule is CCC(=O)O[C@@H]1[C@@H]([N+]2(C)CCCCC2)CC2C3CC[C@H]4C[C@H](OC(C)=O)[C@@H](N5CCCCC5)C[C@]4(C)C3CC[C@@]21C. The van der Waals surface area contributed by atoms with Crippen molar-refractivity contribution in [1.29, 1.82) is 0 Å². The van der Waals surface area contributed by atoms with Crippen LogP contribution in [-0.4, -0.2) is 78.8 Å². The molecule has 4 saturated carbocycles. The molecule has 6 aliphatic rings. The lowest BCUT2D eigenvalue weighted by Gasteiger charge is -2.62. The van der Waals surface area contributed by atoms with Gasteiger partial charge >= 0.3 is 11.9 Å². The first-order chi connectivity index (χ1) is 19.6. The molecule has 6 rings (SSSR count). The summed E-state index contributed by atoms with van der Waals surface area (Å²) >= 11 is 0. The summed E-state index contributed by atoms with van der Waals surface area (Å²) in [6, 6.07) is 0.797. The van der Waals surface area contributed by atoms with E-state index in [0.717, 1.165) is 29.9 Å². The molecule has 0 spiro atoms. The van der Waals surface area contributed by atoms with Crippen LogP contribution in [0.1, 0.15) is 118 Å². The molecule has 4 aliphatic carbocycles. The van der Waals surface area contributed by atoms with Crippen molar-refractivity contribution >= 4 is 11.9 Å². The third-order valence-electron chi connectivity index (χ3n) is 14.0. The molecular formula is C35H59N2O4+. The van der Waals surface area contributed by atoms with Crippen molar-refractivity contribution in [1.82, 2.24) is 4.90 Å².